The van der Waals surface area contributed by atoms with E-state index in [0.717, 1.165) is 5.82 Å². The van der Waals surface area contributed by atoms with Gasteiger partial charge in [-0.3, -0.25) is 5.10 Å². The van der Waals surface area contributed by atoms with Gasteiger partial charge in [0, 0.05) is 6.99 Å². The molecule has 0 radical (unpaired) electrons. The summed E-state index contributed by atoms with van der Waals surface area (Å²) >= 11 is 5.78. The van der Waals surface area contributed by atoms with Crippen molar-refractivity contribution >= 4 is 64.2 Å². The first-order chi connectivity index (χ1) is 27.1. The first kappa shape index (κ1) is 41.6. The van der Waals surface area contributed by atoms with Gasteiger partial charge in [0.05, 0.1) is 24.2 Å². The number of nitrogens with one attached hydrogen (secondary N) is 1. The molecule has 298 valence electrons. The molecule has 0 saturated heterocycles. The van der Waals surface area contributed by atoms with Crippen molar-refractivity contribution in [3.63, 3.8) is 0 Å². The fraction of sp³-hybridized carbons (Fsp3) is 0.286. The number of nitrogen functional groups attached to an aromatic ring is 2. The molecule has 7 aromatic rings. The van der Waals surface area contributed by atoms with Crippen LogP contribution in [0.25, 0.3) is 45.0 Å². The molecule has 0 atom stereocenters. The van der Waals surface area contributed by atoms with E-state index in [1.54, 1.807) is 76.2 Å². The molecule has 0 aliphatic carbocycles. The Bertz CT molecular complexity index is 2500. The van der Waals surface area contributed by atoms with E-state index in [0.29, 0.717) is 86.4 Å². The summed E-state index contributed by atoms with van der Waals surface area (Å²) < 4.78 is 17.4. The lowest BCUT2D eigenvalue weighted by Crippen LogP contribution is -2.29. The molecule has 20 nitrogen and oxygen atoms in total. The van der Waals surface area contributed by atoms with Crippen LogP contribution in [0.2, 0.25) is 5.15 Å². The number of nitrogens with two attached hydrogens (primary N) is 2. The van der Waals surface area contributed by atoms with Gasteiger partial charge in [-0.15, -0.1) is 10.2 Å². The van der Waals surface area contributed by atoms with Gasteiger partial charge in [0.2, 0.25) is 23.7 Å². The number of fused-ring (bicyclic) bond motifs is 2. The summed E-state index contributed by atoms with van der Waals surface area (Å²) in [5.74, 6) is 3.04. The number of carbonyl (C=O) groups is 1. The van der Waals surface area contributed by atoms with Crippen LogP contribution in [0.15, 0.2) is 48.5 Å². The maximum Gasteiger partial charge on any atom is 0.488 e. The third kappa shape index (κ3) is 10.6. The Hall–Kier alpha value is -6.58. The minimum absolute atomic E-state index is 0. The molecule has 57 heavy (non-hydrogen) atoms. The lowest BCUT2D eigenvalue weighted by atomic mass is 9.80. The Labute approximate surface area is 332 Å². The van der Waals surface area contributed by atoms with E-state index < -0.39 is 18.8 Å². The van der Waals surface area contributed by atoms with Crippen LogP contribution >= 0.6 is 11.6 Å². The minimum atomic E-state index is -1.54. The number of carbonyl (C=O) groups excluding carboxylic acids is 1. The van der Waals surface area contributed by atoms with Crippen molar-refractivity contribution in [1.29, 1.82) is 0 Å². The van der Waals surface area contributed by atoms with Crippen molar-refractivity contribution < 1.29 is 30.5 Å². The molecule has 7 rings (SSSR count). The predicted octanol–water partition coefficient (Wildman–Crippen LogP) is 3.72. The molecule has 6 heterocycles. The molecule has 0 amide bonds. The Morgan fingerprint density at radius 2 is 1.40 bits per heavy atom. The Balaban J connectivity index is 0.000000194. The zero-order valence-electron chi connectivity index (χ0n) is 32.1. The van der Waals surface area contributed by atoms with Gasteiger partial charge in [0.15, 0.2) is 22.7 Å². The van der Waals surface area contributed by atoms with Gasteiger partial charge in [-0.05, 0) is 78.2 Å². The summed E-state index contributed by atoms with van der Waals surface area (Å²) in [6, 6.07) is 13.3. The van der Waals surface area contributed by atoms with Crippen LogP contribution in [-0.4, -0.2) is 102 Å². The van der Waals surface area contributed by atoms with E-state index in [9.17, 15) is 4.79 Å². The molecule has 0 saturated carbocycles. The average molecular weight is 802 g/mol. The summed E-state index contributed by atoms with van der Waals surface area (Å²) in [6.07, 6.45) is -0.559. The van der Waals surface area contributed by atoms with E-state index in [2.05, 4.69) is 55.3 Å². The highest BCUT2D eigenvalue weighted by Gasteiger charge is 2.24. The highest BCUT2D eigenvalue weighted by molar-refractivity contribution is 6.58. The van der Waals surface area contributed by atoms with Crippen LogP contribution in [0, 0.1) is 13.8 Å². The second-order valence-corrected chi connectivity index (χ2v) is 13.2. The van der Waals surface area contributed by atoms with Crippen LogP contribution < -0.4 is 26.4 Å². The molecule has 0 bridgehead atoms. The van der Waals surface area contributed by atoms with Crippen LogP contribution in [0.3, 0.4) is 0 Å². The largest absolute Gasteiger partial charge is 0.488 e. The number of pyridine rings is 2. The van der Waals surface area contributed by atoms with Gasteiger partial charge >= 0.3 is 13.2 Å². The highest BCUT2D eigenvalue weighted by Crippen LogP contribution is 2.25. The number of aromatic amines is 1. The van der Waals surface area contributed by atoms with Crippen molar-refractivity contribution in [1.82, 2.24) is 59.8 Å². The number of H-pyrrole nitrogens is 1. The first-order valence-electron chi connectivity index (χ1n) is 17.4. The minimum Gasteiger partial charge on any atom is -0.476 e. The zero-order chi connectivity index (χ0) is 41.4. The molecule has 0 unspecified atom stereocenters. The maximum absolute atomic E-state index is 12.3. The molecule has 1 aromatic carbocycles. The van der Waals surface area contributed by atoms with Crippen molar-refractivity contribution in [3.8, 4) is 34.7 Å². The van der Waals surface area contributed by atoms with Crippen molar-refractivity contribution in [2.24, 2.45) is 0 Å². The summed E-state index contributed by atoms with van der Waals surface area (Å²) in [6.45, 7) is 13.5. The first-order valence-corrected chi connectivity index (χ1v) is 17.8. The summed E-state index contributed by atoms with van der Waals surface area (Å²) in [7, 11) is -1.54. The number of rotatable bonds is 7. The van der Waals surface area contributed by atoms with Gasteiger partial charge in [0.1, 0.15) is 28.1 Å². The standard InChI is InChI=1S/C14H18BN3O4.C12H13N7O.C9H9ClN4O.H2/c1-9-16-17-12(18(9)13(19)22-14(2,3)4)10-5-7-11(8-6-10)15(20)21;1-3-20-11-9-7(16-12(13)17-11)4-5-8(15-9)10-14-6(2)18-19-10;1-2-15-8-7-5(12-9(11)14-8)3-4-6(10)13-7;/h5-8,20-21H,1-4H3;4-5H,3H2,1-2H3,(H2,13,16,17)(H,14,18,19);3-4H,2H2,1H3,(H2,11,12,14);1H/i;;;1+1. The number of benzene rings is 1. The fourth-order valence-corrected chi connectivity index (χ4v) is 5.07. The summed E-state index contributed by atoms with van der Waals surface area (Å²) in [5, 5.41) is 33.4. The number of nitrogens with zero attached hydrogens (tertiary/aromatic N) is 11. The fourth-order valence-electron chi connectivity index (χ4n) is 4.92. The topological polar surface area (TPSA) is 287 Å². The van der Waals surface area contributed by atoms with E-state index >= 15 is 0 Å². The number of ether oxygens (including phenoxy) is 3. The molecule has 22 heteroatoms. The van der Waals surface area contributed by atoms with Crippen molar-refractivity contribution in [3.05, 3.63) is 65.3 Å². The maximum atomic E-state index is 12.3. The second-order valence-electron chi connectivity index (χ2n) is 12.8. The van der Waals surface area contributed by atoms with E-state index in [1.165, 1.54) is 4.57 Å². The number of aromatic nitrogens is 12. The third-order valence-electron chi connectivity index (χ3n) is 7.28. The van der Waals surface area contributed by atoms with Crippen molar-refractivity contribution in [2.45, 2.75) is 54.1 Å². The molecule has 6 aromatic heterocycles. The van der Waals surface area contributed by atoms with Gasteiger partial charge in [-0.1, -0.05) is 35.9 Å². The number of halogens is 1. The van der Waals surface area contributed by atoms with Gasteiger partial charge in [-0.25, -0.2) is 34.3 Å². The van der Waals surface area contributed by atoms with Gasteiger partial charge in [-0.2, -0.15) is 15.1 Å². The van der Waals surface area contributed by atoms with Crippen molar-refractivity contribution in [2.75, 3.05) is 24.7 Å². The van der Waals surface area contributed by atoms with Crippen LogP contribution in [0.4, 0.5) is 16.7 Å². The number of hydrogen-bond donors (Lipinski definition) is 5. The summed E-state index contributed by atoms with van der Waals surface area (Å²) in [4.78, 5) is 41.3. The molecule has 7 N–H and O–H groups in total. The molecule has 0 spiro atoms. The van der Waals surface area contributed by atoms with E-state index in [4.69, 9.17) is 47.3 Å². The van der Waals surface area contributed by atoms with E-state index in [-0.39, 0.29) is 13.3 Å². The molecule has 0 aliphatic rings. The van der Waals surface area contributed by atoms with Gasteiger partial charge < -0.3 is 35.7 Å². The number of hydrogen-bond acceptors (Lipinski definition) is 18. The number of aryl methyl sites for hydroxylation is 2. The summed E-state index contributed by atoms with van der Waals surface area (Å²) in [5.41, 5.74) is 14.5. The highest BCUT2D eigenvalue weighted by atomic mass is 35.5. The quantitative estimate of drug-likeness (QED) is 0.113. The third-order valence-corrected chi connectivity index (χ3v) is 7.49. The monoisotopic (exact) mass is 801 g/mol. The van der Waals surface area contributed by atoms with Crippen LogP contribution in [0.1, 0.15) is 47.7 Å². The molecule has 0 aliphatic heterocycles. The Morgan fingerprint density at radius 1 is 0.825 bits per heavy atom. The van der Waals surface area contributed by atoms with Gasteiger partial charge in [0.25, 0.3) is 0 Å². The lowest BCUT2D eigenvalue weighted by molar-refractivity contribution is 0.0536. The Kier molecular flexibility index (Phi) is 13.1. The normalized spacial score (nSPS) is 11.0. The molecule has 0 fully saturated rings. The zero-order valence-corrected chi connectivity index (χ0v) is 32.8. The second kappa shape index (κ2) is 17.9. The number of anilines is 2. The van der Waals surface area contributed by atoms with Crippen LogP contribution in [0.5, 0.6) is 11.8 Å². The molecular weight excluding hydrogens is 759 g/mol. The molecular formula is C35H42BClN14O6. The smallest absolute Gasteiger partial charge is 0.476 e. The SMILES string of the molecule is CCOc1nc(N)nc2ccc(-c3n[nH]c(C)n3)nc12.CCOc1nc(N)nc2ccc(Cl)nc12.Cc1nnc(-c2ccc(B(O)O)cc2)n1C(=O)OC(C)(C)C.[2HH]. The van der Waals surface area contributed by atoms with E-state index in [1.807, 2.05) is 20.8 Å². The average Bonchev–Trinajstić information content (AvgIpc) is 3.77. The Morgan fingerprint density at radius 3 is 1.93 bits per heavy atom. The van der Waals surface area contributed by atoms with Crippen LogP contribution in [-0.2, 0) is 4.74 Å². The lowest BCUT2D eigenvalue weighted by Gasteiger charge is -2.20. The predicted molar refractivity (Wildman–Crippen MR) is 215 cm³/mol.